The molecular formula is C15H9Cl3N2O3S. The first-order chi connectivity index (χ1) is 11.3. The Kier molecular flexibility index (Phi) is 6.01. The molecule has 2 rings (SSSR count). The van der Waals surface area contributed by atoms with Gasteiger partial charge in [-0.1, -0.05) is 34.8 Å². The Hall–Kier alpha value is -1.86. The molecule has 0 radical (unpaired) electrons. The highest BCUT2D eigenvalue weighted by Gasteiger charge is 2.12. The highest BCUT2D eigenvalue weighted by Crippen LogP contribution is 2.23. The second-order valence-electron chi connectivity index (χ2n) is 4.54. The standard InChI is InChI=1S/C15H9Cl3N2O3S/c16-10-4-1-7(5-12(10)18)13(21)20-15(24)19-8-2-3-9(14(22)23)11(17)6-8/h1-6H,(H,22,23)(H2,19,20,21,24). The van der Waals surface area contributed by atoms with Crippen LogP contribution in [-0.2, 0) is 0 Å². The first-order valence-electron chi connectivity index (χ1n) is 6.38. The summed E-state index contributed by atoms with van der Waals surface area (Å²) < 4.78 is 0. The molecule has 0 aliphatic heterocycles. The highest BCUT2D eigenvalue weighted by atomic mass is 35.5. The molecule has 0 saturated heterocycles. The molecule has 1 amide bonds. The molecule has 124 valence electrons. The zero-order valence-corrected chi connectivity index (χ0v) is 14.9. The van der Waals surface area contributed by atoms with Crippen LogP contribution in [0.3, 0.4) is 0 Å². The van der Waals surface area contributed by atoms with Crippen LogP contribution in [-0.4, -0.2) is 22.1 Å². The molecule has 0 bridgehead atoms. The van der Waals surface area contributed by atoms with Crippen molar-refractivity contribution in [3.63, 3.8) is 0 Å². The fourth-order valence-electron chi connectivity index (χ4n) is 1.74. The van der Waals surface area contributed by atoms with Crippen molar-refractivity contribution in [3.8, 4) is 0 Å². The number of amides is 1. The highest BCUT2D eigenvalue weighted by molar-refractivity contribution is 7.80. The minimum atomic E-state index is -1.14. The number of carbonyl (C=O) groups is 2. The Labute approximate surface area is 157 Å². The summed E-state index contributed by atoms with van der Waals surface area (Å²) >= 11 is 22.6. The van der Waals surface area contributed by atoms with Crippen molar-refractivity contribution < 1.29 is 14.7 Å². The first kappa shape index (κ1) is 18.5. The molecule has 3 N–H and O–H groups in total. The van der Waals surface area contributed by atoms with Crippen LogP contribution in [0, 0.1) is 0 Å². The largest absolute Gasteiger partial charge is 0.478 e. The summed E-state index contributed by atoms with van der Waals surface area (Å²) in [6, 6.07) is 8.62. The number of thiocarbonyl (C=S) groups is 1. The lowest BCUT2D eigenvalue weighted by Gasteiger charge is -2.11. The molecule has 5 nitrogen and oxygen atoms in total. The lowest BCUT2D eigenvalue weighted by Crippen LogP contribution is -2.34. The van der Waals surface area contributed by atoms with Crippen molar-refractivity contribution in [2.45, 2.75) is 0 Å². The zero-order chi connectivity index (χ0) is 17.9. The number of aromatic carboxylic acids is 1. The number of nitrogens with one attached hydrogen (secondary N) is 2. The van der Waals surface area contributed by atoms with Crippen LogP contribution >= 0.6 is 47.0 Å². The van der Waals surface area contributed by atoms with E-state index in [1.165, 1.54) is 36.4 Å². The van der Waals surface area contributed by atoms with E-state index >= 15 is 0 Å². The van der Waals surface area contributed by atoms with Gasteiger partial charge in [0.25, 0.3) is 5.91 Å². The minimum Gasteiger partial charge on any atom is -0.478 e. The van der Waals surface area contributed by atoms with Gasteiger partial charge in [0.05, 0.1) is 20.6 Å². The number of hydrogen-bond donors (Lipinski definition) is 3. The molecule has 0 spiro atoms. The van der Waals surface area contributed by atoms with Gasteiger partial charge in [-0.05, 0) is 48.6 Å². The molecule has 0 heterocycles. The molecule has 9 heteroatoms. The number of carboxylic acids is 1. The molecule has 0 aliphatic carbocycles. The molecule has 0 saturated carbocycles. The van der Waals surface area contributed by atoms with E-state index in [9.17, 15) is 9.59 Å². The fourth-order valence-corrected chi connectivity index (χ4v) is 2.51. The van der Waals surface area contributed by atoms with Crippen molar-refractivity contribution in [1.29, 1.82) is 0 Å². The van der Waals surface area contributed by atoms with Gasteiger partial charge in [0, 0.05) is 11.3 Å². The van der Waals surface area contributed by atoms with Crippen LogP contribution in [0.1, 0.15) is 20.7 Å². The number of carbonyl (C=O) groups excluding carboxylic acids is 1. The van der Waals surface area contributed by atoms with E-state index in [0.717, 1.165) is 0 Å². The van der Waals surface area contributed by atoms with E-state index in [1.807, 2.05) is 0 Å². The Balaban J connectivity index is 2.05. The van der Waals surface area contributed by atoms with Gasteiger partial charge in [-0.2, -0.15) is 0 Å². The second-order valence-corrected chi connectivity index (χ2v) is 6.17. The summed E-state index contributed by atoms with van der Waals surface area (Å²) in [6.45, 7) is 0. The summed E-state index contributed by atoms with van der Waals surface area (Å²) in [5.41, 5.74) is 0.685. The van der Waals surface area contributed by atoms with Gasteiger partial charge in [0.2, 0.25) is 0 Å². The average molecular weight is 404 g/mol. The minimum absolute atomic E-state index is 0.0187. The number of rotatable bonds is 3. The molecule has 24 heavy (non-hydrogen) atoms. The molecule has 0 unspecified atom stereocenters. The van der Waals surface area contributed by atoms with Crippen molar-refractivity contribution >= 4 is 69.7 Å². The van der Waals surface area contributed by atoms with Crippen LogP contribution in [0.4, 0.5) is 5.69 Å². The van der Waals surface area contributed by atoms with Gasteiger partial charge in [-0.3, -0.25) is 10.1 Å². The lowest BCUT2D eigenvalue weighted by atomic mass is 10.2. The maximum absolute atomic E-state index is 12.1. The summed E-state index contributed by atoms with van der Waals surface area (Å²) in [6.07, 6.45) is 0. The van der Waals surface area contributed by atoms with E-state index in [4.69, 9.17) is 52.1 Å². The smallest absolute Gasteiger partial charge is 0.337 e. The van der Waals surface area contributed by atoms with E-state index in [1.54, 1.807) is 0 Å². The van der Waals surface area contributed by atoms with Crippen LogP contribution in [0.25, 0.3) is 0 Å². The van der Waals surface area contributed by atoms with E-state index in [-0.39, 0.29) is 26.3 Å². The predicted octanol–water partition coefficient (Wildman–Crippen LogP) is 4.47. The van der Waals surface area contributed by atoms with Gasteiger partial charge >= 0.3 is 5.97 Å². The summed E-state index contributed by atoms with van der Waals surface area (Å²) in [5.74, 6) is -1.61. The monoisotopic (exact) mass is 402 g/mol. The van der Waals surface area contributed by atoms with E-state index < -0.39 is 11.9 Å². The first-order valence-corrected chi connectivity index (χ1v) is 7.92. The normalized spacial score (nSPS) is 10.1. The lowest BCUT2D eigenvalue weighted by molar-refractivity contribution is 0.0697. The Bertz CT molecular complexity index is 843. The number of anilines is 1. The number of benzene rings is 2. The number of carboxylic acid groups (broad SMARTS) is 1. The maximum Gasteiger partial charge on any atom is 0.337 e. The van der Waals surface area contributed by atoms with E-state index in [2.05, 4.69) is 10.6 Å². The molecule has 0 aromatic heterocycles. The third-order valence-electron chi connectivity index (χ3n) is 2.87. The SMILES string of the molecule is O=C(NC(=S)Nc1ccc(C(=O)O)c(Cl)c1)c1ccc(Cl)c(Cl)c1. The number of halogens is 3. The van der Waals surface area contributed by atoms with Gasteiger partial charge in [-0.25, -0.2) is 4.79 Å². The number of hydrogen-bond acceptors (Lipinski definition) is 3. The third-order valence-corrected chi connectivity index (χ3v) is 4.12. The zero-order valence-electron chi connectivity index (χ0n) is 11.8. The van der Waals surface area contributed by atoms with Crippen molar-refractivity contribution in [3.05, 3.63) is 62.6 Å². The molecule has 2 aromatic carbocycles. The van der Waals surface area contributed by atoms with Gasteiger partial charge in [0.15, 0.2) is 5.11 Å². The Morgan fingerprint density at radius 2 is 1.67 bits per heavy atom. The Morgan fingerprint density at radius 1 is 0.958 bits per heavy atom. The second kappa shape index (κ2) is 7.81. The topological polar surface area (TPSA) is 78.4 Å². The van der Waals surface area contributed by atoms with Crippen LogP contribution in [0.15, 0.2) is 36.4 Å². The summed E-state index contributed by atoms with van der Waals surface area (Å²) in [4.78, 5) is 23.0. The van der Waals surface area contributed by atoms with Gasteiger partial charge < -0.3 is 10.4 Å². The van der Waals surface area contributed by atoms with Crippen molar-refractivity contribution in [1.82, 2.24) is 5.32 Å². The third kappa shape index (κ3) is 4.58. The molecule has 2 aromatic rings. The van der Waals surface area contributed by atoms with Crippen LogP contribution in [0.2, 0.25) is 15.1 Å². The molecule has 0 atom stereocenters. The molecule has 0 fully saturated rings. The van der Waals surface area contributed by atoms with Crippen molar-refractivity contribution in [2.24, 2.45) is 0 Å². The van der Waals surface area contributed by atoms with Gasteiger partial charge in [-0.15, -0.1) is 0 Å². The maximum atomic E-state index is 12.1. The summed E-state index contributed by atoms with van der Waals surface area (Å²) in [7, 11) is 0. The quantitative estimate of drug-likeness (QED) is 0.659. The van der Waals surface area contributed by atoms with Gasteiger partial charge in [0.1, 0.15) is 0 Å². The molecular weight excluding hydrogens is 395 g/mol. The fraction of sp³-hybridized carbons (Fsp3) is 0. The van der Waals surface area contributed by atoms with Crippen LogP contribution < -0.4 is 10.6 Å². The van der Waals surface area contributed by atoms with Crippen molar-refractivity contribution in [2.75, 3.05) is 5.32 Å². The Morgan fingerprint density at radius 3 is 2.25 bits per heavy atom. The van der Waals surface area contributed by atoms with Crippen LogP contribution in [0.5, 0.6) is 0 Å². The predicted molar refractivity (Wildman–Crippen MR) is 98.6 cm³/mol. The summed E-state index contributed by atoms with van der Waals surface area (Å²) in [5, 5.41) is 14.8. The average Bonchev–Trinajstić information content (AvgIpc) is 2.49. The molecule has 0 aliphatic rings. The van der Waals surface area contributed by atoms with E-state index in [0.29, 0.717) is 10.7 Å².